The third-order valence-electron chi connectivity index (χ3n) is 7.43. The number of nitrogens with zero attached hydrogens (tertiary/aromatic N) is 3. The molecule has 1 aliphatic rings. The van der Waals surface area contributed by atoms with Gasteiger partial charge in [-0.25, -0.2) is 5.01 Å². The zero-order valence-electron chi connectivity index (χ0n) is 23.4. The molecule has 5 aromatic rings. The fraction of sp³-hybridized carbons (Fsp3) is 0.176. The zero-order chi connectivity index (χ0) is 29.1. The normalized spacial score (nSPS) is 14.7. The van der Waals surface area contributed by atoms with Crippen LogP contribution in [-0.2, 0) is 11.3 Å². The van der Waals surface area contributed by atoms with Gasteiger partial charge in [-0.05, 0) is 35.4 Å². The Hall–Kier alpha value is -4.01. The van der Waals surface area contributed by atoms with Gasteiger partial charge >= 0.3 is 0 Å². The third kappa shape index (κ3) is 5.69. The summed E-state index contributed by atoms with van der Waals surface area (Å²) in [7, 11) is 3.24. The van der Waals surface area contributed by atoms with Gasteiger partial charge in [-0.15, -0.1) is 11.8 Å². The molecule has 0 saturated carbocycles. The molecular weight excluding hydrogens is 610 g/mol. The van der Waals surface area contributed by atoms with Crippen LogP contribution in [0.4, 0.5) is 0 Å². The molecule has 6 rings (SSSR count). The molecule has 8 heteroatoms. The van der Waals surface area contributed by atoms with Crippen LogP contribution in [-0.4, -0.2) is 41.2 Å². The lowest BCUT2D eigenvalue weighted by molar-refractivity contribution is -0.130. The standard InChI is InChI=1S/C34H30BrN3O3S/c1-40-31-14-8-12-27(34(31)41-2)30-19-28(24-15-17-25(35)18-16-24)36-38(30)33(39)22-42-32-21-37(20-23-9-4-3-5-10-23)29-13-7-6-11-26(29)32/h3-18,21,30H,19-20,22H2,1-2H3. The molecule has 0 spiro atoms. The number of ether oxygens (including phenoxy) is 2. The number of hydrogen-bond donors (Lipinski definition) is 0. The van der Waals surface area contributed by atoms with Gasteiger partial charge in [0, 0.05) is 45.0 Å². The second-order valence-electron chi connectivity index (χ2n) is 10.0. The Bertz CT molecular complexity index is 1750. The van der Waals surface area contributed by atoms with Crippen LogP contribution in [0.25, 0.3) is 10.9 Å². The van der Waals surface area contributed by atoms with Crippen molar-refractivity contribution in [1.29, 1.82) is 0 Å². The van der Waals surface area contributed by atoms with E-state index in [-0.39, 0.29) is 17.7 Å². The number of carbonyl (C=O) groups excluding carboxylic acids is 1. The van der Waals surface area contributed by atoms with E-state index in [9.17, 15) is 4.79 Å². The van der Waals surface area contributed by atoms with Gasteiger partial charge in [0.25, 0.3) is 5.91 Å². The van der Waals surface area contributed by atoms with Crippen LogP contribution < -0.4 is 9.47 Å². The van der Waals surface area contributed by atoms with E-state index < -0.39 is 0 Å². The maximum absolute atomic E-state index is 13.9. The smallest absolute Gasteiger partial charge is 0.253 e. The maximum Gasteiger partial charge on any atom is 0.253 e. The number of amides is 1. The Labute approximate surface area is 258 Å². The van der Waals surface area contributed by atoms with Crippen LogP contribution in [0, 0.1) is 0 Å². The Morgan fingerprint density at radius 1 is 0.929 bits per heavy atom. The van der Waals surface area contributed by atoms with Crippen LogP contribution in [0.5, 0.6) is 11.5 Å². The molecule has 42 heavy (non-hydrogen) atoms. The van der Waals surface area contributed by atoms with Crippen LogP contribution in [0.2, 0.25) is 0 Å². The van der Waals surface area contributed by atoms with E-state index >= 15 is 0 Å². The van der Waals surface area contributed by atoms with Crippen molar-refractivity contribution in [2.45, 2.75) is 23.9 Å². The zero-order valence-corrected chi connectivity index (χ0v) is 25.8. The molecule has 6 nitrogen and oxygen atoms in total. The van der Waals surface area contributed by atoms with Crippen molar-refractivity contribution >= 4 is 50.2 Å². The minimum absolute atomic E-state index is 0.0677. The lowest BCUT2D eigenvalue weighted by Gasteiger charge is -2.24. The first-order valence-corrected chi connectivity index (χ1v) is 15.4. The molecule has 2 heterocycles. The van der Waals surface area contributed by atoms with Crippen molar-refractivity contribution < 1.29 is 14.3 Å². The fourth-order valence-electron chi connectivity index (χ4n) is 5.42. The highest BCUT2D eigenvalue weighted by Gasteiger charge is 2.35. The fourth-order valence-corrected chi connectivity index (χ4v) is 6.62. The van der Waals surface area contributed by atoms with Crippen molar-refractivity contribution in [2.75, 3.05) is 20.0 Å². The quantitative estimate of drug-likeness (QED) is 0.154. The number of fused-ring (bicyclic) bond motifs is 1. The summed E-state index contributed by atoms with van der Waals surface area (Å²) in [5, 5.41) is 7.65. The molecule has 1 atom stereocenters. The van der Waals surface area contributed by atoms with E-state index in [4.69, 9.17) is 14.6 Å². The number of benzene rings is 4. The summed E-state index contributed by atoms with van der Waals surface area (Å²) in [5.41, 5.74) is 5.08. The number of hydrogen-bond acceptors (Lipinski definition) is 5. The Kier molecular flexibility index (Phi) is 8.35. The molecule has 4 aromatic carbocycles. The van der Waals surface area contributed by atoms with Gasteiger partial charge in [0.2, 0.25) is 0 Å². The number of para-hydroxylation sites is 2. The highest BCUT2D eigenvalue weighted by molar-refractivity contribution is 9.10. The molecule has 0 bridgehead atoms. The minimum atomic E-state index is -0.318. The van der Waals surface area contributed by atoms with E-state index in [0.717, 1.165) is 43.7 Å². The first-order chi connectivity index (χ1) is 20.6. The summed E-state index contributed by atoms with van der Waals surface area (Å²) in [4.78, 5) is 15.0. The topological polar surface area (TPSA) is 56.1 Å². The van der Waals surface area contributed by atoms with Crippen molar-refractivity contribution in [3.05, 3.63) is 124 Å². The predicted octanol–water partition coefficient (Wildman–Crippen LogP) is 7.94. The molecule has 1 unspecified atom stereocenters. The Balaban J connectivity index is 1.30. The second kappa shape index (κ2) is 12.5. The van der Waals surface area contributed by atoms with E-state index in [2.05, 4.69) is 69.2 Å². The number of hydrazone groups is 1. The van der Waals surface area contributed by atoms with Gasteiger partial charge in [-0.2, -0.15) is 5.10 Å². The first-order valence-electron chi connectivity index (χ1n) is 13.7. The SMILES string of the molecule is COc1cccc(C2CC(c3ccc(Br)cc3)=NN2C(=O)CSc2cn(Cc3ccccc3)c3ccccc23)c1OC. The molecule has 0 aliphatic carbocycles. The highest BCUT2D eigenvalue weighted by Crippen LogP contribution is 2.42. The minimum Gasteiger partial charge on any atom is -0.493 e. The summed E-state index contributed by atoms with van der Waals surface area (Å²) < 4.78 is 14.6. The van der Waals surface area contributed by atoms with Gasteiger partial charge in [-0.3, -0.25) is 4.79 Å². The monoisotopic (exact) mass is 639 g/mol. The molecule has 0 fully saturated rings. The van der Waals surface area contributed by atoms with Crippen LogP contribution in [0.3, 0.4) is 0 Å². The number of halogens is 1. The molecular formula is C34H30BrN3O3S. The summed E-state index contributed by atoms with van der Waals surface area (Å²) in [6, 6.07) is 32.2. The molecule has 1 aromatic heterocycles. The summed E-state index contributed by atoms with van der Waals surface area (Å²) in [6.45, 7) is 0.764. The molecule has 0 saturated heterocycles. The Morgan fingerprint density at radius 3 is 2.45 bits per heavy atom. The van der Waals surface area contributed by atoms with E-state index in [1.54, 1.807) is 31.0 Å². The van der Waals surface area contributed by atoms with E-state index in [0.29, 0.717) is 17.9 Å². The molecule has 212 valence electrons. The average molecular weight is 641 g/mol. The summed E-state index contributed by atoms with van der Waals surface area (Å²) >= 11 is 5.06. The lowest BCUT2D eigenvalue weighted by atomic mass is 9.97. The number of aromatic nitrogens is 1. The second-order valence-corrected chi connectivity index (χ2v) is 11.9. The lowest BCUT2D eigenvalue weighted by Crippen LogP contribution is -2.28. The van der Waals surface area contributed by atoms with Gasteiger partial charge in [-0.1, -0.05) is 88.7 Å². The highest BCUT2D eigenvalue weighted by atomic mass is 79.9. The molecule has 0 radical (unpaired) electrons. The summed E-state index contributed by atoms with van der Waals surface area (Å²) in [6.07, 6.45) is 2.72. The first kappa shape index (κ1) is 28.1. The van der Waals surface area contributed by atoms with E-state index in [1.165, 1.54) is 5.56 Å². The van der Waals surface area contributed by atoms with Gasteiger partial charge in [0.15, 0.2) is 11.5 Å². The van der Waals surface area contributed by atoms with Gasteiger partial charge in [0.05, 0.1) is 31.7 Å². The number of thioether (sulfide) groups is 1. The number of carbonyl (C=O) groups is 1. The molecule has 1 aliphatic heterocycles. The van der Waals surface area contributed by atoms with Crippen molar-refractivity contribution in [1.82, 2.24) is 9.58 Å². The number of methoxy groups -OCH3 is 2. The van der Waals surface area contributed by atoms with Crippen molar-refractivity contribution in [2.24, 2.45) is 5.10 Å². The summed E-state index contributed by atoms with van der Waals surface area (Å²) in [5.74, 6) is 1.42. The van der Waals surface area contributed by atoms with Crippen molar-refractivity contribution in [3.8, 4) is 11.5 Å². The largest absolute Gasteiger partial charge is 0.493 e. The van der Waals surface area contributed by atoms with Crippen LogP contribution >= 0.6 is 27.7 Å². The van der Waals surface area contributed by atoms with Gasteiger partial charge in [0.1, 0.15) is 0 Å². The third-order valence-corrected chi connectivity index (χ3v) is 8.99. The molecule has 1 amide bonds. The maximum atomic E-state index is 13.9. The predicted molar refractivity (Wildman–Crippen MR) is 173 cm³/mol. The molecule has 0 N–H and O–H groups in total. The van der Waals surface area contributed by atoms with Gasteiger partial charge < -0.3 is 14.0 Å². The van der Waals surface area contributed by atoms with Crippen LogP contribution in [0.15, 0.2) is 118 Å². The van der Waals surface area contributed by atoms with Crippen molar-refractivity contribution in [3.63, 3.8) is 0 Å². The Morgan fingerprint density at radius 2 is 1.69 bits per heavy atom. The van der Waals surface area contributed by atoms with E-state index in [1.807, 2.05) is 54.6 Å². The average Bonchev–Trinajstić information content (AvgIpc) is 3.63. The number of rotatable bonds is 9. The van der Waals surface area contributed by atoms with Crippen LogP contribution in [0.1, 0.15) is 29.2 Å².